The Morgan fingerprint density at radius 2 is 0.806 bits per heavy atom. The van der Waals surface area contributed by atoms with Crippen LogP contribution in [0.3, 0.4) is 0 Å². The van der Waals surface area contributed by atoms with E-state index in [9.17, 15) is 9.59 Å². The molecule has 0 amide bonds. The number of carbonyl (C=O) groups excluding carboxylic acids is 2. The van der Waals surface area contributed by atoms with Crippen LogP contribution < -0.4 is 14.4 Å². The Balaban J connectivity index is 1.19. The van der Waals surface area contributed by atoms with Crippen LogP contribution in [0.2, 0.25) is 0 Å². The topological polar surface area (TPSA) is 43.6 Å². The molecule has 1 saturated carbocycles. The predicted molar refractivity (Wildman–Crippen MR) is 256 cm³/mol. The molecule has 0 N–H and O–H groups in total. The van der Waals surface area contributed by atoms with Gasteiger partial charge in [-0.1, -0.05) is 173 Å². The van der Waals surface area contributed by atoms with Gasteiger partial charge in [-0.15, -0.1) is 0 Å². The molecule has 0 atom stereocenters. The molecule has 0 saturated heterocycles. The molecular weight excluding hydrogens is 759 g/mol. The predicted octanol–water partition coefficient (Wildman–Crippen LogP) is 12.7. The summed E-state index contributed by atoms with van der Waals surface area (Å²) >= 11 is 0. The normalized spacial score (nSPS) is 18.7. The van der Waals surface area contributed by atoms with Crippen LogP contribution in [0, 0.1) is 0 Å². The summed E-state index contributed by atoms with van der Waals surface area (Å²) in [5.41, 5.74) is 13.2. The van der Waals surface area contributed by atoms with Gasteiger partial charge in [-0.2, -0.15) is 4.58 Å². The van der Waals surface area contributed by atoms with E-state index >= 15 is 0 Å². The van der Waals surface area contributed by atoms with E-state index in [1.54, 1.807) is 0 Å². The number of hydrogen-bond donors (Lipinski definition) is 0. The average Bonchev–Trinajstić information content (AvgIpc) is 3.87. The number of ketones is 2. The van der Waals surface area contributed by atoms with Gasteiger partial charge < -0.3 is 9.80 Å². The van der Waals surface area contributed by atoms with Crippen LogP contribution in [-0.4, -0.2) is 30.4 Å². The highest BCUT2D eigenvalue weighted by Crippen LogP contribution is 2.49. The first-order valence-electron chi connectivity index (χ1n) is 21.6. The Morgan fingerprint density at radius 3 is 1.19 bits per heavy atom. The highest BCUT2D eigenvalue weighted by Gasteiger charge is 2.42. The molecule has 6 aromatic carbocycles. The van der Waals surface area contributed by atoms with Crippen molar-refractivity contribution in [2.45, 2.75) is 51.4 Å². The SMILES string of the molecule is CC1(C)C(=C/C=C2\CC/C(=C\C=C3N(CC(=O)c4ccccc4)c4ccccc4C3(C)C)C2=[N+](c2ccccc2)c2ccccc2)N(CC(=O)c2ccccc2)c2ccccc21. The van der Waals surface area contributed by atoms with Gasteiger partial charge in [0.1, 0.15) is 0 Å². The van der Waals surface area contributed by atoms with Crippen LogP contribution in [0.5, 0.6) is 0 Å². The van der Waals surface area contributed by atoms with Crippen molar-refractivity contribution in [3.8, 4) is 0 Å². The maximum absolute atomic E-state index is 13.8. The van der Waals surface area contributed by atoms with Gasteiger partial charge in [-0.25, -0.2) is 0 Å². The zero-order valence-corrected chi connectivity index (χ0v) is 36.0. The second-order valence-corrected chi connectivity index (χ2v) is 17.4. The molecule has 0 spiro atoms. The smallest absolute Gasteiger partial charge is 0.218 e. The van der Waals surface area contributed by atoms with Crippen LogP contribution in [-0.2, 0) is 10.8 Å². The summed E-state index contributed by atoms with van der Waals surface area (Å²) in [6.07, 6.45) is 10.8. The lowest BCUT2D eigenvalue weighted by Crippen LogP contribution is -2.31. The van der Waals surface area contributed by atoms with Crippen molar-refractivity contribution in [3.05, 3.63) is 239 Å². The number of benzene rings is 6. The van der Waals surface area contributed by atoms with E-state index in [0.717, 1.165) is 52.7 Å². The van der Waals surface area contributed by atoms with E-state index in [4.69, 9.17) is 0 Å². The first-order valence-corrected chi connectivity index (χ1v) is 21.6. The fourth-order valence-electron chi connectivity index (χ4n) is 9.59. The van der Waals surface area contributed by atoms with Crippen molar-refractivity contribution in [1.29, 1.82) is 0 Å². The number of carbonyl (C=O) groups is 2. The van der Waals surface area contributed by atoms with Gasteiger partial charge in [0.25, 0.3) is 0 Å². The molecule has 0 aromatic heterocycles. The van der Waals surface area contributed by atoms with Crippen molar-refractivity contribution in [2.75, 3.05) is 22.9 Å². The van der Waals surface area contributed by atoms with E-state index in [1.165, 1.54) is 22.3 Å². The van der Waals surface area contributed by atoms with Crippen molar-refractivity contribution < 1.29 is 9.59 Å². The van der Waals surface area contributed by atoms with E-state index in [2.05, 4.69) is 176 Å². The van der Waals surface area contributed by atoms with Crippen molar-refractivity contribution in [1.82, 2.24) is 4.58 Å². The van der Waals surface area contributed by atoms with Crippen LogP contribution in [0.4, 0.5) is 22.7 Å². The Bertz CT molecular complexity index is 2620. The molecular formula is C57H52N3O2+. The molecule has 62 heavy (non-hydrogen) atoms. The highest BCUT2D eigenvalue weighted by atomic mass is 16.1. The number of hydrogen-bond acceptors (Lipinski definition) is 4. The van der Waals surface area contributed by atoms with Gasteiger partial charge in [-0.3, -0.25) is 9.59 Å². The Morgan fingerprint density at radius 1 is 0.468 bits per heavy atom. The molecule has 3 aliphatic rings. The number of nitrogens with zero attached hydrogens (tertiary/aromatic N) is 3. The molecule has 306 valence electrons. The summed E-state index contributed by atoms with van der Waals surface area (Å²) in [5, 5.41) is 0. The Labute approximate surface area is 366 Å². The lowest BCUT2D eigenvalue weighted by atomic mass is 9.83. The van der Waals surface area contributed by atoms with Crippen LogP contribution >= 0.6 is 0 Å². The summed E-state index contributed by atoms with van der Waals surface area (Å²) in [6.45, 7) is 9.53. The standard InChI is InChI=1S/C57H52N3O2/c1-56(2)47-29-17-19-31-49(47)58(39-51(61)41-21-9-5-10-22-41)53(56)37-35-43-33-34-44(55(43)60(45-25-13-7-14-26-45)46-27-15-8-16-28-46)36-38-54-57(3,4)48-30-18-20-32-50(48)59(54)40-52(62)42-23-11-6-12-24-42/h5-32,35-38H,33-34,39-40H2,1-4H3/q+1. The number of anilines is 2. The molecule has 2 aliphatic heterocycles. The first-order chi connectivity index (χ1) is 30.1. The van der Waals surface area contributed by atoms with Gasteiger partial charge in [0, 0.05) is 80.1 Å². The monoisotopic (exact) mass is 810 g/mol. The van der Waals surface area contributed by atoms with Gasteiger partial charge in [0.2, 0.25) is 17.1 Å². The fraction of sp³-hybridized carbons (Fsp3) is 0.175. The molecule has 2 heterocycles. The van der Waals surface area contributed by atoms with E-state index < -0.39 is 0 Å². The number of para-hydroxylation sites is 4. The fourth-order valence-corrected chi connectivity index (χ4v) is 9.59. The third-order valence-electron chi connectivity index (χ3n) is 12.8. The van der Waals surface area contributed by atoms with E-state index in [0.29, 0.717) is 11.1 Å². The van der Waals surface area contributed by atoms with Crippen LogP contribution in [0.15, 0.2) is 217 Å². The third-order valence-corrected chi connectivity index (χ3v) is 12.8. The number of fused-ring (bicyclic) bond motifs is 2. The second-order valence-electron chi connectivity index (χ2n) is 17.4. The molecule has 5 heteroatoms. The second kappa shape index (κ2) is 16.7. The maximum Gasteiger partial charge on any atom is 0.218 e. The highest BCUT2D eigenvalue weighted by molar-refractivity contribution is 6.17. The van der Waals surface area contributed by atoms with Gasteiger partial charge in [0.05, 0.1) is 13.1 Å². The summed E-state index contributed by atoms with van der Waals surface area (Å²) in [6, 6.07) is 57.3. The van der Waals surface area contributed by atoms with E-state index in [1.807, 2.05) is 60.7 Å². The molecule has 0 radical (unpaired) electrons. The van der Waals surface area contributed by atoms with Crippen LogP contribution in [0.1, 0.15) is 72.4 Å². The summed E-state index contributed by atoms with van der Waals surface area (Å²) in [4.78, 5) is 32.1. The minimum Gasteiger partial charge on any atom is -0.336 e. The zero-order chi connectivity index (χ0) is 42.8. The van der Waals surface area contributed by atoms with Gasteiger partial charge in [0.15, 0.2) is 11.6 Å². The average molecular weight is 811 g/mol. The van der Waals surface area contributed by atoms with Crippen molar-refractivity contribution in [3.63, 3.8) is 0 Å². The van der Waals surface area contributed by atoms with Crippen molar-refractivity contribution >= 4 is 40.0 Å². The molecule has 1 aliphatic carbocycles. The molecule has 1 fully saturated rings. The third kappa shape index (κ3) is 7.49. The quantitative estimate of drug-likeness (QED) is 0.102. The van der Waals surface area contributed by atoms with Crippen molar-refractivity contribution in [2.24, 2.45) is 0 Å². The Hall–Kier alpha value is -7.11. The summed E-state index contributed by atoms with van der Waals surface area (Å²) in [7, 11) is 0. The van der Waals surface area contributed by atoms with E-state index in [-0.39, 0.29) is 35.5 Å². The summed E-state index contributed by atoms with van der Waals surface area (Å²) in [5.74, 6) is 0.165. The summed E-state index contributed by atoms with van der Waals surface area (Å²) < 4.78 is 2.39. The van der Waals surface area contributed by atoms with Gasteiger partial charge >= 0.3 is 0 Å². The number of Topliss-reactive ketones (excluding diaryl/α,β-unsaturated/α-hetero) is 2. The minimum atomic E-state index is -0.339. The van der Waals surface area contributed by atoms with Gasteiger partial charge in [-0.05, 0) is 48.3 Å². The zero-order valence-electron chi connectivity index (χ0n) is 36.0. The maximum atomic E-state index is 13.8. The number of allylic oxidation sites excluding steroid dienone is 8. The molecule has 6 aromatic rings. The lowest BCUT2D eigenvalue weighted by molar-refractivity contribution is 0.0992. The first kappa shape index (κ1) is 40.3. The molecule has 0 bridgehead atoms. The molecule has 9 rings (SSSR count). The Kier molecular flexibility index (Phi) is 10.9. The molecule has 5 nitrogen and oxygen atoms in total. The molecule has 0 unspecified atom stereocenters. The largest absolute Gasteiger partial charge is 0.336 e. The number of rotatable bonds is 10. The minimum absolute atomic E-state index is 0.0823. The lowest BCUT2D eigenvalue weighted by Gasteiger charge is -2.26. The van der Waals surface area contributed by atoms with Crippen LogP contribution in [0.25, 0.3) is 0 Å².